The van der Waals surface area contributed by atoms with Crippen molar-refractivity contribution in [3.05, 3.63) is 82.1 Å². The van der Waals surface area contributed by atoms with Gasteiger partial charge in [-0.3, -0.25) is 14.9 Å². The van der Waals surface area contributed by atoms with E-state index in [2.05, 4.69) is 5.10 Å². The number of nitrogens with two attached hydrogens (primary N) is 1. The van der Waals surface area contributed by atoms with Gasteiger partial charge in [0.15, 0.2) is 0 Å². The number of furan rings is 1. The molecule has 1 amide bonds. The number of primary sulfonamides is 1. The third kappa shape index (κ3) is 4.06. The van der Waals surface area contributed by atoms with Crippen LogP contribution < -0.4 is 10.1 Å². The fraction of sp³-hybridized carbons (Fsp3) is 0.0476. The normalized spacial score (nSPS) is 15.3. The fourth-order valence-corrected chi connectivity index (χ4v) is 3.65. The lowest BCUT2D eigenvalue weighted by Crippen LogP contribution is -2.21. The van der Waals surface area contributed by atoms with Crippen molar-refractivity contribution in [1.82, 2.24) is 0 Å². The first kappa shape index (κ1) is 21.2. The molecule has 0 saturated carbocycles. The van der Waals surface area contributed by atoms with Crippen LogP contribution in [0.5, 0.6) is 0 Å². The summed E-state index contributed by atoms with van der Waals surface area (Å²) in [5.41, 5.74) is 1.58. The van der Waals surface area contributed by atoms with Crippen molar-refractivity contribution in [1.29, 1.82) is 0 Å². The molecule has 1 aromatic heterocycles. The van der Waals surface area contributed by atoms with Crippen molar-refractivity contribution >= 4 is 39.1 Å². The van der Waals surface area contributed by atoms with Gasteiger partial charge in [0.25, 0.3) is 11.6 Å². The van der Waals surface area contributed by atoms with Gasteiger partial charge in [-0.1, -0.05) is 12.1 Å². The van der Waals surface area contributed by atoms with E-state index in [4.69, 9.17) is 9.56 Å². The molecule has 1 aliphatic heterocycles. The van der Waals surface area contributed by atoms with Crippen molar-refractivity contribution in [2.24, 2.45) is 10.2 Å². The van der Waals surface area contributed by atoms with Crippen molar-refractivity contribution in [3.8, 4) is 11.3 Å². The van der Waals surface area contributed by atoms with Crippen LogP contribution in [0.15, 0.2) is 80.7 Å². The Kier molecular flexibility index (Phi) is 5.20. The van der Waals surface area contributed by atoms with Gasteiger partial charge >= 0.3 is 0 Å². The van der Waals surface area contributed by atoms with E-state index >= 15 is 0 Å². The minimum absolute atomic E-state index is 0.0585. The van der Waals surface area contributed by atoms with Gasteiger partial charge in [0.05, 0.1) is 26.8 Å². The van der Waals surface area contributed by atoms with Gasteiger partial charge in [-0.15, -0.1) is 0 Å². The lowest BCUT2D eigenvalue weighted by atomic mass is 10.1. The predicted molar refractivity (Wildman–Crippen MR) is 117 cm³/mol. The zero-order valence-electron chi connectivity index (χ0n) is 16.6. The number of hydrogen-bond acceptors (Lipinski definition) is 7. The summed E-state index contributed by atoms with van der Waals surface area (Å²) in [6.07, 6.45) is 1.53. The maximum Gasteiger partial charge on any atom is 0.280 e. The molecule has 162 valence electrons. The van der Waals surface area contributed by atoms with Gasteiger partial charge in [0, 0.05) is 17.7 Å². The second-order valence-electron chi connectivity index (χ2n) is 6.91. The average molecular weight is 452 g/mol. The average Bonchev–Trinajstić information content (AvgIpc) is 3.34. The minimum atomic E-state index is -3.85. The minimum Gasteiger partial charge on any atom is -0.457 e. The Morgan fingerprint density at radius 2 is 1.84 bits per heavy atom. The van der Waals surface area contributed by atoms with Crippen LogP contribution in [0.1, 0.15) is 12.7 Å². The molecule has 0 fully saturated rings. The zero-order valence-corrected chi connectivity index (χ0v) is 17.4. The Labute approximate surface area is 182 Å². The molecule has 0 bridgehead atoms. The molecular weight excluding hydrogens is 436 g/mol. The molecule has 2 heterocycles. The van der Waals surface area contributed by atoms with Crippen LogP contribution in [-0.2, 0) is 14.8 Å². The molecule has 0 unspecified atom stereocenters. The quantitative estimate of drug-likeness (QED) is 0.356. The molecular formula is C21H16N4O6S. The highest BCUT2D eigenvalue weighted by Gasteiger charge is 2.29. The summed E-state index contributed by atoms with van der Waals surface area (Å²) in [7, 11) is -3.85. The highest BCUT2D eigenvalue weighted by atomic mass is 32.2. The number of amides is 1. The smallest absolute Gasteiger partial charge is 0.280 e. The molecule has 0 aliphatic carbocycles. The Bertz CT molecular complexity index is 1400. The second kappa shape index (κ2) is 7.87. The van der Waals surface area contributed by atoms with E-state index < -0.39 is 20.9 Å². The summed E-state index contributed by atoms with van der Waals surface area (Å²) >= 11 is 0. The lowest BCUT2D eigenvalue weighted by Gasteiger charge is -2.11. The van der Waals surface area contributed by atoms with Gasteiger partial charge in [-0.25, -0.2) is 13.6 Å². The maximum atomic E-state index is 12.9. The molecule has 10 nitrogen and oxygen atoms in total. The van der Waals surface area contributed by atoms with Crippen LogP contribution in [0.2, 0.25) is 0 Å². The first-order valence-corrected chi connectivity index (χ1v) is 10.8. The first-order chi connectivity index (χ1) is 15.1. The van der Waals surface area contributed by atoms with E-state index in [1.807, 2.05) is 0 Å². The number of benzene rings is 2. The van der Waals surface area contributed by atoms with Crippen LogP contribution in [0.25, 0.3) is 17.4 Å². The Morgan fingerprint density at radius 1 is 1.12 bits per heavy atom. The number of hydrazone groups is 1. The number of carbonyl (C=O) groups excluding carboxylic acids is 1. The summed E-state index contributed by atoms with van der Waals surface area (Å²) in [6.45, 7) is 1.66. The lowest BCUT2D eigenvalue weighted by molar-refractivity contribution is -0.384. The zero-order chi connectivity index (χ0) is 23.0. The molecule has 0 saturated heterocycles. The number of nitro groups is 1. The van der Waals surface area contributed by atoms with Crippen LogP contribution in [0.4, 0.5) is 11.4 Å². The van der Waals surface area contributed by atoms with Gasteiger partial charge in [-0.05, 0) is 49.4 Å². The number of sulfonamides is 1. The van der Waals surface area contributed by atoms with Crippen molar-refractivity contribution in [2.75, 3.05) is 5.01 Å². The van der Waals surface area contributed by atoms with E-state index in [0.717, 1.165) is 5.01 Å². The highest BCUT2D eigenvalue weighted by molar-refractivity contribution is 7.89. The van der Waals surface area contributed by atoms with Crippen molar-refractivity contribution in [2.45, 2.75) is 11.8 Å². The fourth-order valence-electron chi connectivity index (χ4n) is 3.14. The summed E-state index contributed by atoms with van der Waals surface area (Å²) in [5.74, 6) is 0.367. The number of carbonyl (C=O) groups is 1. The van der Waals surface area contributed by atoms with Gasteiger partial charge in [0.2, 0.25) is 10.0 Å². The molecule has 32 heavy (non-hydrogen) atoms. The molecule has 0 radical (unpaired) electrons. The molecule has 2 aromatic carbocycles. The molecule has 0 atom stereocenters. The van der Waals surface area contributed by atoms with E-state index in [1.54, 1.807) is 31.2 Å². The van der Waals surface area contributed by atoms with Gasteiger partial charge in [-0.2, -0.15) is 10.1 Å². The number of rotatable bonds is 5. The summed E-state index contributed by atoms with van der Waals surface area (Å²) in [4.78, 5) is 23.3. The monoisotopic (exact) mass is 452 g/mol. The molecule has 3 aromatic rings. The van der Waals surface area contributed by atoms with Crippen LogP contribution in [0.3, 0.4) is 0 Å². The van der Waals surface area contributed by atoms with Crippen LogP contribution >= 0.6 is 0 Å². The topological polar surface area (TPSA) is 149 Å². The largest absolute Gasteiger partial charge is 0.457 e. The number of hydrogen-bond donors (Lipinski definition) is 1. The van der Waals surface area contributed by atoms with E-state index in [0.29, 0.717) is 34.1 Å². The van der Waals surface area contributed by atoms with Gasteiger partial charge in [0.1, 0.15) is 11.5 Å². The van der Waals surface area contributed by atoms with Crippen LogP contribution in [-0.4, -0.2) is 25.0 Å². The Balaban J connectivity index is 1.60. The summed E-state index contributed by atoms with van der Waals surface area (Å²) in [6, 6.07) is 14.8. The summed E-state index contributed by atoms with van der Waals surface area (Å²) in [5, 5.41) is 21.5. The Hall–Kier alpha value is -4.09. The third-order valence-corrected chi connectivity index (χ3v) is 5.66. The van der Waals surface area contributed by atoms with E-state index in [9.17, 15) is 23.3 Å². The van der Waals surface area contributed by atoms with E-state index in [1.165, 1.54) is 42.5 Å². The van der Waals surface area contributed by atoms with Crippen LogP contribution in [0, 0.1) is 10.1 Å². The SMILES string of the molecule is CC1=NN(c2ccc(S(N)(=O)=O)cc2)C(=O)/C1=C\c1ccc(-c2cccc([N+](=O)[O-])c2)o1. The third-order valence-electron chi connectivity index (χ3n) is 4.73. The van der Waals surface area contributed by atoms with Crippen molar-refractivity contribution < 1.29 is 22.6 Å². The van der Waals surface area contributed by atoms with Gasteiger partial charge < -0.3 is 4.42 Å². The molecule has 2 N–H and O–H groups in total. The predicted octanol–water partition coefficient (Wildman–Crippen LogP) is 3.31. The standard InChI is InChI=1S/C21H16N4O6S/c1-13-19(21(26)24(23-13)15-5-8-18(9-6-15)32(22,29)30)12-17-7-10-20(31-17)14-3-2-4-16(11-14)25(27)28/h2-12H,1H3,(H2,22,29,30)/b19-12-. The number of nitrogens with zero attached hydrogens (tertiary/aromatic N) is 3. The van der Waals surface area contributed by atoms with Crippen molar-refractivity contribution in [3.63, 3.8) is 0 Å². The molecule has 0 spiro atoms. The number of non-ortho nitro benzene ring substituents is 1. The second-order valence-corrected chi connectivity index (χ2v) is 8.47. The maximum absolute atomic E-state index is 12.9. The van der Waals surface area contributed by atoms with E-state index in [-0.39, 0.29) is 10.6 Å². The number of nitro benzene ring substituents is 1. The first-order valence-electron chi connectivity index (χ1n) is 9.23. The Morgan fingerprint density at radius 3 is 2.50 bits per heavy atom. The molecule has 11 heteroatoms. The molecule has 1 aliphatic rings. The summed E-state index contributed by atoms with van der Waals surface area (Å²) < 4.78 is 28.6. The molecule has 4 rings (SSSR count). The highest BCUT2D eigenvalue weighted by Crippen LogP contribution is 2.29. The number of anilines is 1.